The molecule has 0 aromatic carbocycles. The molecule has 3 fully saturated rings. The first-order valence-corrected chi connectivity index (χ1v) is 4.01. The molecule has 3 aliphatic rings. The number of hydrogen-bond donors (Lipinski definition) is 0. The predicted octanol–water partition coefficient (Wildman–Crippen LogP) is -1.20. The fourth-order valence-electron chi connectivity index (χ4n) is 1.82. The van der Waals surface area contributed by atoms with E-state index in [1.54, 1.807) is 0 Å². The summed E-state index contributed by atoms with van der Waals surface area (Å²) >= 11 is 0. The van der Waals surface area contributed by atoms with Crippen molar-refractivity contribution < 1.29 is 23.9 Å². The summed E-state index contributed by atoms with van der Waals surface area (Å²) in [4.78, 5) is 26.4. The zero-order chi connectivity index (χ0) is 9.05. The highest BCUT2D eigenvalue weighted by Crippen LogP contribution is 2.44. The molecule has 0 amide bonds. The normalized spacial score (nSPS) is 35.5. The van der Waals surface area contributed by atoms with E-state index in [9.17, 15) is 9.59 Å². The van der Waals surface area contributed by atoms with Gasteiger partial charge in [0.25, 0.3) is 0 Å². The van der Waals surface area contributed by atoms with E-state index in [1.165, 1.54) is 5.06 Å². The Balaban J connectivity index is 1.79. The Hall–Kier alpha value is -1.14. The Morgan fingerprint density at radius 2 is 2.08 bits per heavy atom. The van der Waals surface area contributed by atoms with Crippen molar-refractivity contribution in [3.05, 3.63) is 0 Å². The maximum atomic E-state index is 10.8. The summed E-state index contributed by atoms with van der Waals surface area (Å²) in [7, 11) is 0. The van der Waals surface area contributed by atoms with Gasteiger partial charge < -0.3 is 14.3 Å². The van der Waals surface area contributed by atoms with Gasteiger partial charge in [-0.3, -0.25) is 0 Å². The SMILES string of the molecule is O=C1OC2CC3(COC3)N2OC1=O. The van der Waals surface area contributed by atoms with Crippen molar-refractivity contribution in [2.24, 2.45) is 0 Å². The minimum atomic E-state index is -0.942. The van der Waals surface area contributed by atoms with E-state index in [-0.39, 0.29) is 5.54 Å². The van der Waals surface area contributed by atoms with E-state index < -0.39 is 18.2 Å². The van der Waals surface area contributed by atoms with E-state index in [2.05, 4.69) is 0 Å². The van der Waals surface area contributed by atoms with Gasteiger partial charge in [-0.1, -0.05) is 5.06 Å². The number of fused-ring (bicyclic) bond motifs is 2. The van der Waals surface area contributed by atoms with Gasteiger partial charge >= 0.3 is 11.9 Å². The molecule has 0 aliphatic carbocycles. The molecule has 0 N–H and O–H groups in total. The molecule has 13 heavy (non-hydrogen) atoms. The van der Waals surface area contributed by atoms with Crippen LogP contribution in [0.3, 0.4) is 0 Å². The van der Waals surface area contributed by atoms with Gasteiger partial charge in [0.2, 0.25) is 0 Å². The van der Waals surface area contributed by atoms with E-state index in [0.717, 1.165) is 0 Å². The highest BCUT2D eigenvalue weighted by Gasteiger charge is 2.63. The minimum Gasteiger partial charge on any atom is -0.435 e. The lowest BCUT2D eigenvalue weighted by Gasteiger charge is -2.59. The van der Waals surface area contributed by atoms with Gasteiger partial charge in [-0.25, -0.2) is 9.59 Å². The fourth-order valence-corrected chi connectivity index (χ4v) is 1.82. The van der Waals surface area contributed by atoms with Gasteiger partial charge in [-0.05, 0) is 0 Å². The molecule has 3 rings (SSSR count). The third kappa shape index (κ3) is 0.744. The summed E-state index contributed by atoms with van der Waals surface area (Å²) in [6, 6.07) is 0. The number of ether oxygens (including phenoxy) is 2. The third-order valence-corrected chi connectivity index (χ3v) is 2.62. The summed E-state index contributed by atoms with van der Waals surface area (Å²) in [6.45, 7) is 1.07. The zero-order valence-electron chi connectivity index (χ0n) is 6.69. The second-order valence-electron chi connectivity index (χ2n) is 3.49. The smallest absolute Gasteiger partial charge is 0.435 e. The average molecular weight is 185 g/mol. The van der Waals surface area contributed by atoms with Crippen molar-refractivity contribution in [1.82, 2.24) is 5.06 Å². The molecular formula is C7H7NO5. The molecule has 70 valence electrons. The summed E-state index contributed by atoms with van der Waals surface area (Å²) in [6.07, 6.45) is 0.292. The lowest BCUT2D eigenvalue weighted by atomic mass is 9.83. The van der Waals surface area contributed by atoms with Crippen molar-refractivity contribution in [1.29, 1.82) is 0 Å². The molecular weight excluding hydrogens is 178 g/mol. The van der Waals surface area contributed by atoms with Crippen LogP contribution >= 0.6 is 0 Å². The monoisotopic (exact) mass is 185 g/mol. The number of carbonyl (C=O) groups excluding carboxylic acids is 2. The van der Waals surface area contributed by atoms with Crippen molar-refractivity contribution in [2.45, 2.75) is 18.2 Å². The molecule has 0 aromatic rings. The van der Waals surface area contributed by atoms with Crippen molar-refractivity contribution >= 4 is 11.9 Å². The highest BCUT2D eigenvalue weighted by atomic mass is 16.8. The zero-order valence-corrected chi connectivity index (χ0v) is 6.69. The van der Waals surface area contributed by atoms with Crippen LogP contribution in [-0.2, 0) is 23.9 Å². The molecule has 0 radical (unpaired) electrons. The second kappa shape index (κ2) is 2.02. The van der Waals surface area contributed by atoms with E-state index in [4.69, 9.17) is 14.3 Å². The van der Waals surface area contributed by atoms with Gasteiger partial charge in [-0.2, -0.15) is 0 Å². The molecule has 6 heteroatoms. The average Bonchev–Trinajstić information content (AvgIpc) is 2.00. The molecule has 3 saturated heterocycles. The Kier molecular flexibility index (Phi) is 1.13. The molecule has 1 spiro atoms. The number of esters is 1. The molecule has 1 atom stereocenters. The molecule has 6 nitrogen and oxygen atoms in total. The van der Waals surface area contributed by atoms with Crippen LogP contribution in [0.4, 0.5) is 0 Å². The molecule has 0 saturated carbocycles. The Labute approximate surface area is 73.3 Å². The van der Waals surface area contributed by atoms with Gasteiger partial charge in [0.15, 0.2) is 6.23 Å². The largest absolute Gasteiger partial charge is 0.436 e. The first kappa shape index (κ1) is 7.28. The fraction of sp³-hybridized carbons (Fsp3) is 0.714. The summed E-state index contributed by atoms with van der Waals surface area (Å²) in [5.74, 6) is -1.85. The Morgan fingerprint density at radius 3 is 2.69 bits per heavy atom. The summed E-state index contributed by atoms with van der Waals surface area (Å²) in [5.41, 5.74) is -0.207. The van der Waals surface area contributed by atoms with Gasteiger partial charge in [0.05, 0.1) is 13.2 Å². The second-order valence-corrected chi connectivity index (χ2v) is 3.49. The Morgan fingerprint density at radius 1 is 1.31 bits per heavy atom. The molecule has 1 unspecified atom stereocenters. The number of hydroxylamine groups is 2. The van der Waals surface area contributed by atoms with Crippen LogP contribution in [-0.4, -0.2) is 42.0 Å². The molecule has 0 bridgehead atoms. The predicted molar refractivity (Wildman–Crippen MR) is 36.0 cm³/mol. The van der Waals surface area contributed by atoms with Gasteiger partial charge in [0, 0.05) is 6.42 Å². The van der Waals surface area contributed by atoms with E-state index in [1.807, 2.05) is 0 Å². The number of nitrogens with zero attached hydrogens (tertiary/aromatic N) is 1. The van der Waals surface area contributed by atoms with Gasteiger partial charge in [-0.15, -0.1) is 0 Å². The van der Waals surface area contributed by atoms with Crippen molar-refractivity contribution in [3.63, 3.8) is 0 Å². The minimum absolute atomic E-state index is 0.207. The molecule has 3 aliphatic heterocycles. The maximum absolute atomic E-state index is 10.8. The third-order valence-electron chi connectivity index (χ3n) is 2.62. The lowest BCUT2D eigenvalue weighted by molar-refractivity contribution is -0.396. The number of carbonyl (C=O) groups is 2. The summed E-state index contributed by atoms with van der Waals surface area (Å²) < 4.78 is 9.80. The van der Waals surface area contributed by atoms with Crippen LogP contribution in [0.25, 0.3) is 0 Å². The Bertz CT molecular complexity index is 297. The van der Waals surface area contributed by atoms with Gasteiger partial charge in [0.1, 0.15) is 5.54 Å². The summed E-state index contributed by atoms with van der Waals surface area (Å²) in [5, 5.41) is 1.43. The van der Waals surface area contributed by atoms with Crippen molar-refractivity contribution in [3.8, 4) is 0 Å². The first-order chi connectivity index (χ1) is 6.21. The molecule has 3 heterocycles. The van der Waals surface area contributed by atoms with Crippen LogP contribution in [0, 0.1) is 0 Å². The number of rotatable bonds is 0. The maximum Gasteiger partial charge on any atom is 0.436 e. The molecule has 0 aromatic heterocycles. The van der Waals surface area contributed by atoms with Crippen molar-refractivity contribution in [2.75, 3.05) is 13.2 Å². The van der Waals surface area contributed by atoms with Crippen LogP contribution in [0.15, 0.2) is 0 Å². The van der Waals surface area contributed by atoms with Crippen LogP contribution in [0.1, 0.15) is 6.42 Å². The first-order valence-electron chi connectivity index (χ1n) is 4.01. The number of hydrogen-bond acceptors (Lipinski definition) is 6. The lowest BCUT2D eigenvalue weighted by Crippen LogP contribution is -2.77. The van der Waals surface area contributed by atoms with Crippen LogP contribution < -0.4 is 0 Å². The quantitative estimate of drug-likeness (QED) is 0.349. The van der Waals surface area contributed by atoms with E-state index >= 15 is 0 Å². The highest BCUT2D eigenvalue weighted by molar-refractivity contribution is 6.30. The standard InChI is InChI=1S/C7H7NO5/c9-5-6(10)13-8-4(12-5)1-7(8)2-11-3-7/h4H,1-3H2. The van der Waals surface area contributed by atoms with E-state index in [0.29, 0.717) is 19.6 Å². The topological polar surface area (TPSA) is 65.1 Å². The van der Waals surface area contributed by atoms with Crippen LogP contribution in [0.5, 0.6) is 0 Å². The van der Waals surface area contributed by atoms with Crippen LogP contribution in [0.2, 0.25) is 0 Å².